The number of rotatable bonds is 8. The van der Waals surface area contributed by atoms with Crippen LogP contribution in [0, 0.1) is 6.92 Å². The van der Waals surface area contributed by atoms with Gasteiger partial charge in [-0.25, -0.2) is 18.2 Å². The van der Waals surface area contributed by atoms with Crippen molar-refractivity contribution in [2.24, 2.45) is 10.2 Å². The van der Waals surface area contributed by atoms with Gasteiger partial charge in [-0.1, -0.05) is 54.1 Å². The van der Waals surface area contributed by atoms with E-state index < -0.39 is 10.0 Å². The van der Waals surface area contributed by atoms with Crippen molar-refractivity contribution in [1.82, 2.24) is 9.78 Å². The molecule has 1 aromatic heterocycles. The van der Waals surface area contributed by atoms with Gasteiger partial charge in [0.1, 0.15) is 0 Å². The summed E-state index contributed by atoms with van der Waals surface area (Å²) in [6, 6.07) is 30.1. The van der Waals surface area contributed by atoms with Crippen LogP contribution >= 0.6 is 0 Å². The molecule has 2 N–H and O–H groups in total. The Labute approximate surface area is 250 Å². The third-order valence-electron chi connectivity index (χ3n) is 7.50. The fraction of sp³-hybridized carbons (Fsp3) is 0.152. The van der Waals surface area contributed by atoms with E-state index in [9.17, 15) is 8.42 Å². The van der Waals surface area contributed by atoms with Crippen LogP contribution in [0.3, 0.4) is 0 Å². The average Bonchev–Trinajstić information content (AvgIpc) is 3.66. The third-order valence-corrected chi connectivity index (χ3v) is 8.43. The number of nitrogens with zero attached hydrogens (tertiary/aromatic N) is 4. The number of anilines is 1. The molecule has 0 radical (unpaired) electrons. The second-order valence-electron chi connectivity index (χ2n) is 10.3. The molecule has 0 saturated heterocycles. The van der Waals surface area contributed by atoms with Crippen LogP contribution in [0.1, 0.15) is 29.2 Å². The van der Waals surface area contributed by atoms with Gasteiger partial charge in [-0.05, 0) is 55.5 Å². The highest BCUT2D eigenvalue weighted by atomic mass is 32.2. The number of ether oxygens (including phenoxy) is 2. The van der Waals surface area contributed by atoms with Crippen molar-refractivity contribution in [3.63, 3.8) is 0 Å². The first-order valence-corrected chi connectivity index (χ1v) is 15.2. The van der Waals surface area contributed by atoms with Crippen LogP contribution in [0.2, 0.25) is 0 Å². The minimum absolute atomic E-state index is 0.0305. The number of aromatic nitrogens is 2. The Hall–Kier alpha value is -4.93. The zero-order valence-corrected chi connectivity index (χ0v) is 24.8. The summed E-state index contributed by atoms with van der Waals surface area (Å²) in [5, 5.41) is 17.4. The maximum absolute atomic E-state index is 12.0. The highest BCUT2D eigenvalue weighted by molar-refractivity contribution is 7.89. The van der Waals surface area contributed by atoms with Crippen molar-refractivity contribution in [2.45, 2.75) is 24.3 Å². The van der Waals surface area contributed by atoms with Crippen LogP contribution in [0.5, 0.6) is 11.5 Å². The molecule has 1 aliphatic rings. The average molecular weight is 594 g/mol. The summed E-state index contributed by atoms with van der Waals surface area (Å²) >= 11 is 0. The first kappa shape index (κ1) is 28.2. The van der Waals surface area contributed by atoms with Gasteiger partial charge in [0.25, 0.3) is 0 Å². The summed E-state index contributed by atoms with van der Waals surface area (Å²) in [5.41, 5.74) is 7.16. The van der Waals surface area contributed by atoms with Gasteiger partial charge in [0.05, 0.1) is 47.9 Å². The summed E-state index contributed by atoms with van der Waals surface area (Å²) in [4.78, 5) is 0.0305. The van der Waals surface area contributed by atoms with E-state index in [0.717, 1.165) is 39.3 Å². The molecule has 2 heterocycles. The molecule has 0 fully saturated rings. The standard InChI is InChI=1S/C33H31N5O4S/c1-22-12-14-23(15-13-22)32-28(21-37(36-32)24-8-5-4-6-9-24)30-20-29(27-10-7-11-31(41-2)33(27)42-3)35-38(30)25-16-18-26(19-17-25)43(34,39)40/h4-19,21,30H,20H2,1-3H3,(H2,34,39,40). The smallest absolute Gasteiger partial charge is 0.238 e. The van der Waals surface area contributed by atoms with Crippen molar-refractivity contribution in [3.05, 3.63) is 120 Å². The summed E-state index contributed by atoms with van der Waals surface area (Å²) < 4.78 is 37.2. The van der Waals surface area contributed by atoms with Gasteiger partial charge < -0.3 is 9.47 Å². The van der Waals surface area contributed by atoms with E-state index in [2.05, 4.69) is 31.2 Å². The molecule has 6 rings (SSSR count). The highest BCUT2D eigenvalue weighted by Crippen LogP contribution is 2.43. The van der Waals surface area contributed by atoms with Gasteiger partial charge in [0.2, 0.25) is 10.0 Å². The maximum Gasteiger partial charge on any atom is 0.238 e. The van der Waals surface area contributed by atoms with E-state index in [1.54, 1.807) is 26.4 Å². The monoisotopic (exact) mass is 593 g/mol. The topological polar surface area (TPSA) is 112 Å². The van der Waals surface area contributed by atoms with Crippen LogP contribution in [0.4, 0.5) is 5.69 Å². The predicted octanol–water partition coefficient (Wildman–Crippen LogP) is 5.87. The van der Waals surface area contributed by atoms with Crippen LogP contribution in [0.25, 0.3) is 16.9 Å². The first-order chi connectivity index (χ1) is 20.8. The molecule has 0 bridgehead atoms. The Bertz CT molecular complexity index is 1900. The van der Waals surface area contributed by atoms with Crippen molar-refractivity contribution >= 4 is 21.4 Å². The van der Waals surface area contributed by atoms with E-state index in [-0.39, 0.29) is 10.9 Å². The number of sulfonamides is 1. The van der Waals surface area contributed by atoms with Crippen LogP contribution < -0.4 is 19.6 Å². The van der Waals surface area contributed by atoms with E-state index in [1.807, 2.05) is 64.4 Å². The lowest BCUT2D eigenvalue weighted by Crippen LogP contribution is -2.19. The zero-order chi connectivity index (χ0) is 30.1. The number of aryl methyl sites for hydroxylation is 1. The number of hydrogen-bond acceptors (Lipinski definition) is 7. The second-order valence-corrected chi connectivity index (χ2v) is 11.8. The summed E-state index contributed by atoms with van der Waals surface area (Å²) in [7, 11) is -0.639. The number of primary sulfonamides is 1. The number of benzene rings is 4. The van der Waals surface area contributed by atoms with Crippen LogP contribution in [-0.2, 0) is 10.0 Å². The molecule has 5 aromatic rings. The molecule has 1 aliphatic heterocycles. The van der Waals surface area contributed by atoms with Gasteiger partial charge >= 0.3 is 0 Å². The van der Waals surface area contributed by atoms with Crippen LogP contribution in [-0.4, -0.2) is 38.1 Å². The lowest BCUT2D eigenvalue weighted by molar-refractivity contribution is 0.354. The third kappa shape index (κ3) is 5.50. The lowest BCUT2D eigenvalue weighted by atomic mass is 9.95. The largest absolute Gasteiger partial charge is 0.493 e. The van der Waals surface area contributed by atoms with Gasteiger partial charge in [0.15, 0.2) is 11.5 Å². The Balaban J connectivity index is 1.53. The molecule has 10 heteroatoms. The fourth-order valence-corrected chi connectivity index (χ4v) is 5.85. The molecular formula is C33H31N5O4S. The molecule has 9 nitrogen and oxygen atoms in total. The van der Waals surface area contributed by atoms with Gasteiger partial charge in [-0.2, -0.15) is 10.2 Å². The molecule has 0 aliphatic carbocycles. The first-order valence-electron chi connectivity index (χ1n) is 13.7. The van der Waals surface area contributed by atoms with Gasteiger partial charge in [-0.3, -0.25) is 5.01 Å². The van der Waals surface area contributed by atoms with E-state index in [1.165, 1.54) is 12.1 Å². The molecule has 1 atom stereocenters. The summed E-state index contributed by atoms with van der Waals surface area (Å²) in [5.74, 6) is 1.19. The molecule has 218 valence electrons. The molecule has 0 spiro atoms. The molecule has 0 amide bonds. The second kappa shape index (κ2) is 11.4. The minimum Gasteiger partial charge on any atom is -0.493 e. The SMILES string of the molecule is COc1cccc(C2=NN(c3ccc(S(N)(=O)=O)cc3)C(c3cn(-c4ccccc4)nc3-c3ccc(C)cc3)C2)c1OC. The number of hydrogen-bond donors (Lipinski definition) is 1. The Morgan fingerprint density at radius 2 is 1.56 bits per heavy atom. The Morgan fingerprint density at radius 3 is 2.21 bits per heavy atom. The summed E-state index contributed by atoms with van der Waals surface area (Å²) in [6.45, 7) is 2.05. The van der Waals surface area contributed by atoms with Crippen molar-refractivity contribution < 1.29 is 17.9 Å². The van der Waals surface area contributed by atoms with E-state index in [0.29, 0.717) is 23.6 Å². The molecule has 43 heavy (non-hydrogen) atoms. The van der Waals surface area contributed by atoms with Crippen molar-refractivity contribution in [1.29, 1.82) is 0 Å². The molecule has 0 saturated carbocycles. The Morgan fingerprint density at radius 1 is 0.837 bits per heavy atom. The van der Waals surface area contributed by atoms with E-state index >= 15 is 0 Å². The molecule has 4 aromatic carbocycles. The predicted molar refractivity (Wildman–Crippen MR) is 167 cm³/mol. The normalized spacial score (nSPS) is 14.9. The Kier molecular flexibility index (Phi) is 7.47. The minimum atomic E-state index is -3.85. The van der Waals surface area contributed by atoms with Gasteiger partial charge in [0, 0.05) is 29.3 Å². The zero-order valence-electron chi connectivity index (χ0n) is 24.0. The van der Waals surface area contributed by atoms with Gasteiger partial charge in [-0.15, -0.1) is 0 Å². The highest BCUT2D eigenvalue weighted by Gasteiger charge is 2.35. The number of methoxy groups -OCH3 is 2. The molecular weight excluding hydrogens is 562 g/mol. The van der Waals surface area contributed by atoms with Crippen molar-refractivity contribution in [2.75, 3.05) is 19.2 Å². The van der Waals surface area contributed by atoms with Crippen molar-refractivity contribution in [3.8, 4) is 28.4 Å². The fourth-order valence-electron chi connectivity index (χ4n) is 5.34. The number of nitrogens with two attached hydrogens (primary N) is 1. The summed E-state index contributed by atoms with van der Waals surface area (Å²) in [6.07, 6.45) is 2.57. The van der Waals surface area contributed by atoms with E-state index in [4.69, 9.17) is 24.8 Å². The lowest BCUT2D eigenvalue weighted by Gasteiger charge is -2.24. The molecule has 1 unspecified atom stereocenters. The van der Waals surface area contributed by atoms with Crippen LogP contribution in [0.15, 0.2) is 113 Å². The number of hydrazone groups is 1. The maximum atomic E-state index is 12.0. The quantitative estimate of drug-likeness (QED) is 0.241. The number of para-hydroxylation sites is 2.